The number of benzene rings is 2. The van der Waals surface area contributed by atoms with E-state index in [9.17, 15) is 13.2 Å². The van der Waals surface area contributed by atoms with Gasteiger partial charge in [0, 0.05) is 55.5 Å². The average Bonchev–Trinajstić information content (AvgIpc) is 3.29. The highest BCUT2D eigenvalue weighted by molar-refractivity contribution is 6.36. The number of pyridine rings is 1. The van der Waals surface area contributed by atoms with Crippen molar-refractivity contribution in [1.82, 2.24) is 9.97 Å². The van der Waals surface area contributed by atoms with Crippen LogP contribution in [0.2, 0.25) is 5.02 Å². The van der Waals surface area contributed by atoms with Crippen LogP contribution >= 0.6 is 11.6 Å². The first kappa shape index (κ1) is 29.4. The van der Waals surface area contributed by atoms with Crippen molar-refractivity contribution in [2.45, 2.75) is 58.5 Å². The van der Waals surface area contributed by atoms with Gasteiger partial charge in [0.25, 0.3) is 0 Å². The number of hydrogen-bond acceptors (Lipinski definition) is 3. The number of H-pyrrole nitrogens is 1. The van der Waals surface area contributed by atoms with E-state index in [2.05, 4.69) is 54.1 Å². The van der Waals surface area contributed by atoms with Crippen molar-refractivity contribution in [1.29, 1.82) is 0 Å². The maximum Gasteiger partial charge on any atom is 0.417 e. The van der Waals surface area contributed by atoms with Crippen LogP contribution in [0.15, 0.2) is 59.4 Å². The number of allylic oxidation sites excluding steroid dienone is 1. The predicted octanol–water partition coefficient (Wildman–Crippen LogP) is 9.10. The zero-order chi connectivity index (χ0) is 30.5. The molecule has 6 rings (SSSR count). The molecule has 2 aromatic heterocycles. The van der Waals surface area contributed by atoms with Crippen LogP contribution in [-0.2, 0) is 19.0 Å². The van der Waals surface area contributed by atoms with Gasteiger partial charge in [0.05, 0.1) is 16.1 Å². The highest BCUT2D eigenvalue weighted by Gasteiger charge is 2.35. The molecule has 0 amide bonds. The molecule has 1 fully saturated rings. The minimum Gasteiger partial charge on any atom is -0.360 e. The van der Waals surface area contributed by atoms with Crippen LogP contribution in [0.5, 0.6) is 0 Å². The van der Waals surface area contributed by atoms with Crippen LogP contribution in [0.4, 0.5) is 23.4 Å². The smallest absolute Gasteiger partial charge is 0.360 e. The van der Waals surface area contributed by atoms with E-state index >= 15 is 4.39 Å². The second-order valence-corrected chi connectivity index (χ2v) is 11.8. The summed E-state index contributed by atoms with van der Waals surface area (Å²) in [4.78, 5) is 14.2. The maximum absolute atomic E-state index is 15.1. The summed E-state index contributed by atoms with van der Waals surface area (Å²) in [6.45, 7) is 7.68. The lowest BCUT2D eigenvalue weighted by Gasteiger charge is -2.32. The van der Waals surface area contributed by atoms with Gasteiger partial charge in [0.1, 0.15) is 0 Å². The van der Waals surface area contributed by atoms with E-state index in [4.69, 9.17) is 16.6 Å². The quantitative estimate of drug-likeness (QED) is 0.230. The number of aliphatic imine (C=N–C) groups is 1. The number of anilines is 1. The summed E-state index contributed by atoms with van der Waals surface area (Å²) in [6.07, 6.45) is 0.881. The minimum atomic E-state index is -4.67. The Morgan fingerprint density at radius 2 is 1.81 bits per heavy atom. The molecule has 0 unspecified atom stereocenters. The minimum absolute atomic E-state index is 0.0852. The van der Waals surface area contributed by atoms with Crippen molar-refractivity contribution >= 4 is 39.6 Å². The van der Waals surface area contributed by atoms with Crippen molar-refractivity contribution < 1.29 is 17.6 Å². The van der Waals surface area contributed by atoms with Crippen LogP contribution in [0.3, 0.4) is 0 Å². The summed E-state index contributed by atoms with van der Waals surface area (Å²) in [7, 11) is 0. The molecule has 1 N–H and O–H groups in total. The third-order valence-electron chi connectivity index (χ3n) is 8.86. The van der Waals surface area contributed by atoms with Crippen molar-refractivity contribution in [2.75, 3.05) is 24.5 Å². The molecular formula is C34H33ClF4N4. The summed E-state index contributed by atoms with van der Waals surface area (Å²) < 4.78 is 54.8. The highest BCUT2D eigenvalue weighted by Crippen LogP contribution is 2.43. The number of alkyl halides is 3. The molecular weight excluding hydrogens is 576 g/mol. The van der Waals surface area contributed by atoms with E-state index < -0.39 is 17.6 Å². The molecule has 0 radical (unpaired) electrons. The topological polar surface area (TPSA) is 44.3 Å². The Balaban J connectivity index is 1.52. The van der Waals surface area contributed by atoms with Gasteiger partial charge in [0.2, 0.25) is 0 Å². The van der Waals surface area contributed by atoms with Gasteiger partial charge < -0.3 is 9.88 Å². The predicted molar refractivity (Wildman–Crippen MR) is 166 cm³/mol. The van der Waals surface area contributed by atoms with Gasteiger partial charge in [-0.2, -0.15) is 13.2 Å². The molecule has 4 nitrogen and oxygen atoms in total. The molecule has 4 heterocycles. The van der Waals surface area contributed by atoms with Crippen LogP contribution in [0, 0.1) is 12.7 Å². The molecule has 1 atom stereocenters. The summed E-state index contributed by atoms with van der Waals surface area (Å²) in [5.74, 6) is -0.951. The zero-order valence-corrected chi connectivity index (χ0v) is 25.1. The van der Waals surface area contributed by atoms with E-state index in [-0.39, 0.29) is 18.3 Å². The van der Waals surface area contributed by atoms with E-state index in [0.717, 1.165) is 51.7 Å². The van der Waals surface area contributed by atoms with Gasteiger partial charge in [-0.3, -0.25) is 4.99 Å². The normalized spacial score (nSPS) is 17.7. The number of nitrogens with one attached hydrogen (secondary N) is 1. The Labute approximate surface area is 253 Å². The molecule has 0 bridgehead atoms. The molecule has 2 aliphatic rings. The Bertz CT molecular complexity index is 1750. The first-order chi connectivity index (χ1) is 20.6. The Kier molecular flexibility index (Phi) is 7.84. The van der Waals surface area contributed by atoms with E-state index in [1.54, 1.807) is 11.1 Å². The van der Waals surface area contributed by atoms with Gasteiger partial charge in [-0.05, 0) is 71.2 Å². The average molecular weight is 609 g/mol. The number of rotatable bonds is 5. The molecule has 2 aromatic carbocycles. The molecule has 0 aliphatic carbocycles. The molecule has 0 saturated carbocycles. The fraction of sp³-hybridized carbons (Fsp3) is 0.353. The second-order valence-electron chi connectivity index (χ2n) is 11.4. The van der Waals surface area contributed by atoms with Crippen molar-refractivity contribution in [3.63, 3.8) is 0 Å². The number of halogens is 5. The Morgan fingerprint density at radius 3 is 2.49 bits per heavy atom. The van der Waals surface area contributed by atoms with E-state index in [0.29, 0.717) is 43.2 Å². The first-order valence-electron chi connectivity index (χ1n) is 14.7. The van der Waals surface area contributed by atoms with Crippen molar-refractivity contribution in [3.05, 3.63) is 98.6 Å². The fourth-order valence-corrected chi connectivity index (χ4v) is 6.97. The van der Waals surface area contributed by atoms with Crippen molar-refractivity contribution in [2.24, 2.45) is 4.99 Å². The number of aromatic nitrogens is 2. The Hall–Kier alpha value is -3.65. The van der Waals surface area contributed by atoms with Gasteiger partial charge in [0.15, 0.2) is 11.6 Å². The second kappa shape index (κ2) is 11.5. The molecule has 2 aliphatic heterocycles. The van der Waals surface area contributed by atoms with E-state index in [1.165, 1.54) is 16.7 Å². The summed E-state index contributed by atoms with van der Waals surface area (Å²) in [5.41, 5.74) is 8.88. The van der Waals surface area contributed by atoms with Crippen LogP contribution < -0.4 is 4.90 Å². The fourth-order valence-electron chi connectivity index (χ4n) is 6.72. The summed E-state index contributed by atoms with van der Waals surface area (Å²) >= 11 is 6.78. The largest absolute Gasteiger partial charge is 0.417 e. The lowest BCUT2D eigenvalue weighted by Crippen LogP contribution is -2.37. The molecule has 43 heavy (non-hydrogen) atoms. The SMILES string of the molecule is CCc1cccc(CC)c1[C@H]1CN=C2CCN(c3ncc(C(F)(F)F)cc3F)CC2=C(c2ccc(C)c3[nH]cc(Cl)c23)C1. The van der Waals surface area contributed by atoms with E-state index in [1.807, 2.05) is 6.92 Å². The number of hydrogen-bond donors (Lipinski definition) is 1. The third-order valence-corrected chi connectivity index (χ3v) is 9.16. The van der Waals surface area contributed by atoms with Gasteiger partial charge >= 0.3 is 6.18 Å². The summed E-state index contributed by atoms with van der Waals surface area (Å²) in [5, 5.41) is 1.55. The summed E-state index contributed by atoms with van der Waals surface area (Å²) in [6, 6.07) is 11.2. The lowest BCUT2D eigenvalue weighted by atomic mass is 9.80. The maximum atomic E-state index is 15.1. The number of fused-ring (bicyclic) bond motifs is 2. The monoisotopic (exact) mass is 608 g/mol. The number of aromatic amines is 1. The molecule has 0 spiro atoms. The van der Waals surface area contributed by atoms with Crippen LogP contribution in [-0.4, -0.2) is 35.3 Å². The zero-order valence-electron chi connectivity index (χ0n) is 24.4. The van der Waals surface area contributed by atoms with Gasteiger partial charge in [-0.1, -0.05) is 55.8 Å². The molecule has 1 saturated heterocycles. The molecule has 224 valence electrons. The first-order valence-corrected chi connectivity index (χ1v) is 15.1. The highest BCUT2D eigenvalue weighted by atomic mass is 35.5. The molecule has 4 aromatic rings. The standard InChI is InChI=1S/C34H33ClF4N4/c1-4-20-7-6-8-21(5-2)30(20)22-13-25(24-10-9-19(3)32-31(24)27(35)17-41-32)26-18-43(12-11-29(26)40-15-22)33-28(36)14-23(16-42-33)34(37,38)39/h6-10,14,16-17,22,41H,4-5,11-13,15,18H2,1-3H3/t22-/m1/s1. The van der Waals surface area contributed by atoms with Gasteiger partial charge in [-0.15, -0.1) is 0 Å². The van der Waals surface area contributed by atoms with Crippen LogP contribution in [0.1, 0.15) is 66.0 Å². The third kappa shape index (κ3) is 5.35. The number of aryl methyl sites for hydroxylation is 3. The van der Waals surface area contributed by atoms with Crippen LogP contribution in [0.25, 0.3) is 16.5 Å². The molecule has 9 heteroatoms. The van der Waals surface area contributed by atoms with Crippen molar-refractivity contribution in [3.8, 4) is 0 Å². The number of nitrogens with zero attached hydrogens (tertiary/aromatic N) is 3. The number of piperidine rings is 1. The Morgan fingerprint density at radius 1 is 1.07 bits per heavy atom. The lowest BCUT2D eigenvalue weighted by molar-refractivity contribution is -0.138. The van der Waals surface area contributed by atoms with Gasteiger partial charge in [-0.25, -0.2) is 9.37 Å².